The predicted octanol–water partition coefficient (Wildman–Crippen LogP) is 0.855. The van der Waals surface area contributed by atoms with Gasteiger partial charge in [0, 0.05) is 44.1 Å². The van der Waals surface area contributed by atoms with Crippen LogP contribution < -0.4 is 10.0 Å². The van der Waals surface area contributed by atoms with Gasteiger partial charge in [0.05, 0.1) is 11.4 Å². The molecule has 170 valence electrons. The van der Waals surface area contributed by atoms with Crippen LogP contribution in [-0.4, -0.2) is 73.8 Å². The fraction of sp³-hybridized carbons (Fsp3) is 0.409. The van der Waals surface area contributed by atoms with Crippen molar-refractivity contribution < 1.29 is 18.0 Å². The van der Waals surface area contributed by atoms with Gasteiger partial charge in [0.15, 0.2) is 0 Å². The lowest BCUT2D eigenvalue weighted by Gasteiger charge is -2.27. The van der Waals surface area contributed by atoms with Crippen LogP contribution in [0, 0.1) is 0 Å². The minimum absolute atomic E-state index is 0.0379. The summed E-state index contributed by atoms with van der Waals surface area (Å²) in [6, 6.07) is 9.88. The first kappa shape index (κ1) is 22.4. The normalized spacial score (nSPS) is 19.5. The van der Waals surface area contributed by atoms with E-state index in [1.165, 1.54) is 6.07 Å². The van der Waals surface area contributed by atoms with Crippen LogP contribution in [0.15, 0.2) is 47.5 Å². The lowest BCUT2D eigenvalue weighted by atomic mass is 10.1. The summed E-state index contributed by atoms with van der Waals surface area (Å²) in [5, 5.41) is 5.24. The van der Waals surface area contributed by atoms with Gasteiger partial charge in [-0.15, -0.1) is 0 Å². The number of sulfonamides is 1. The number of pyridine rings is 1. The second kappa shape index (κ2) is 8.97. The highest BCUT2D eigenvalue weighted by atomic mass is 32.2. The third-order valence-corrected chi connectivity index (χ3v) is 6.89. The molecule has 1 aromatic carbocycles. The van der Waals surface area contributed by atoms with E-state index in [-0.39, 0.29) is 29.3 Å². The Labute approximate surface area is 187 Å². The van der Waals surface area contributed by atoms with Crippen molar-refractivity contribution in [2.75, 3.05) is 37.6 Å². The molecule has 0 aliphatic carbocycles. The van der Waals surface area contributed by atoms with E-state index >= 15 is 0 Å². The van der Waals surface area contributed by atoms with Gasteiger partial charge in [-0.05, 0) is 55.7 Å². The number of carbonyl (C=O) groups excluding carboxylic acids is 2. The first-order valence-electron chi connectivity index (χ1n) is 10.6. The molecule has 2 amide bonds. The van der Waals surface area contributed by atoms with Gasteiger partial charge in [-0.1, -0.05) is 6.07 Å². The summed E-state index contributed by atoms with van der Waals surface area (Å²) in [6.45, 7) is 4.67. The molecule has 1 aromatic heterocycles. The number of rotatable bonds is 4. The Morgan fingerprint density at radius 3 is 2.66 bits per heavy atom. The minimum atomic E-state index is -3.79. The standard InChI is InChI=1S/C22H27N5O4S/c1-16-13-17-14-18(32(23,30)31)6-7-20(17)27(16)21(28)15-25-9-4-10-26(12-11-25)22(29)19-5-2-3-8-24-19/h2-3,5-8,14,16H,4,9-13,15H2,1H3,(H2,23,30,31)/t16-/m1/s1. The van der Waals surface area contributed by atoms with Crippen molar-refractivity contribution in [1.29, 1.82) is 0 Å². The molecule has 4 rings (SSSR count). The molecule has 9 nitrogen and oxygen atoms in total. The van der Waals surface area contributed by atoms with Crippen LogP contribution in [0.1, 0.15) is 29.4 Å². The average molecular weight is 458 g/mol. The predicted molar refractivity (Wildman–Crippen MR) is 120 cm³/mol. The monoisotopic (exact) mass is 457 g/mol. The maximum atomic E-state index is 13.2. The number of hydrogen-bond acceptors (Lipinski definition) is 6. The molecule has 1 atom stereocenters. The third-order valence-electron chi connectivity index (χ3n) is 5.98. The zero-order chi connectivity index (χ0) is 22.9. The zero-order valence-corrected chi connectivity index (χ0v) is 18.8. The van der Waals surface area contributed by atoms with Crippen LogP contribution in [0.4, 0.5) is 5.69 Å². The highest BCUT2D eigenvalue weighted by Gasteiger charge is 2.33. The molecular formula is C22H27N5O4S. The van der Waals surface area contributed by atoms with Crippen molar-refractivity contribution in [2.24, 2.45) is 5.14 Å². The van der Waals surface area contributed by atoms with E-state index in [2.05, 4.69) is 9.88 Å². The number of carbonyl (C=O) groups is 2. The smallest absolute Gasteiger partial charge is 0.272 e. The van der Waals surface area contributed by atoms with E-state index in [0.717, 1.165) is 24.2 Å². The van der Waals surface area contributed by atoms with Crippen molar-refractivity contribution in [2.45, 2.75) is 30.7 Å². The van der Waals surface area contributed by atoms with Gasteiger partial charge >= 0.3 is 0 Å². The van der Waals surface area contributed by atoms with Crippen LogP contribution in [0.5, 0.6) is 0 Å². The van der Waals surface area contributed by atoms with E-state index in [4.69, 9.17) is 5.14 Å². The summed E-state index contributed by atoms with van der Waals surface area (Å²) >= 11 is 0. The molecule has 2 aliphatic heterocycles. The maximum absolute atomic E-state index is 13.2. The molecule has 0 radical (unpaired) electrons. The molecule has 2 aromatic rings. The van der Waals surface area contributed by atoms with Crippen LogP contribution in [0.3, 0.4) is 0 Å². The highest BCUT2D eigenvalue weighted by molar-refractivity contribution is 7.89. The van der Waals surface area contributed by atoms with E-state index < -0.39 is 10.0 Å². The molecule has 10 heteroatoms. The third kappa shape index (κ3) is 4.67. The minimum Gasteiger partial charge on any atom is -0.336 e. The molecule has 32 heavy (non-hydrogen) atoms. The summed E-state index contributed by atoms with van der Waals surface area (Å²) in [5.41, 5.74) is 1.97. The van der Waals surface area contributed by atoms with Gasteiger partial charge in [0.2, 0.25) is 15.9 Å². The number of nitrogens with two attached hydrogens (primary N) is 1. The Hall–Kier alpha value is -2.82. The number of primary sulfonamides is 1. The summed E-state index contributed by atoms with van der Waals surface area (Å²) in [6.07, 6.45) is 2.96. The van der Waals surface area contributed by atoms with Crippen molar-refractivity contribution in [3.8, 4) is 0 Å². The Kier molecular flexibility index (Phi) is 6.27. The zero-order valence-electron chi connectivity index (χ0n) is 18.0. The van der Waals surface area contributed by atoms with Gasteiger partial charge in [-0.2, -0.15) is 0 Å². The van der Waals surface area contributed by atoms with E-state index in [1.807, 2.05) is 6.92 Å². The van der Waals surface area contributed by atoms with Gasteiger partial charge in [0.1, 0.15) is 5.69 Å². The molecule has 2 N–H and O–H groups in total. The maximum Gasteiger partial charge on any atom is 0.272 e. The number of amides is 2. The van der Waals surface area contributed by atoms with Crippen molar-refractivity contribution >= 4 is 27.5 Å². The number of anilines is 1. The number of aromatic nitrogens is 1. The second-order valence-corrected chi connectivity index (χ2v) is 9.85. The van der Waals surface area contributed by atoms with Gasteiger partial charge in [-0.25, -0.2) is 13.6 Å². The molecule has 0 bridgehead atoms. The van der Waals surface area contributed by atoms with Crippen molar-refractivity contribution in [3.05, 3.63) is 53.9 Å². The van der Waals surface area contributed by atoms with E-state index in [9.17, 15) is 18.0 Å². The molecule has 3 heterocycles. The lowest BCUT2D eigenvalue weighted by Crippen LogP contribution is -2.44. The quantitative estimate of drug-likeness (QED) is 0.728. The molecule has 1 fully saturated rings. The van der Waals surface area contributed by atoms with Crippen molar-refractivity contribution in [3.63, 3.8) is 0 Å². The number of hydrogen-bond donors (Lipinski definition) is 1. The molecule has 1 saturated heterocycles. The number of fused-ring (bicyclic) bond motifs is 1. The largest absolute Gasteiger partial charge is 0.336 e. The molecule has 0 spiro atoms. The Morgan fingerprint density at radius 1 is 1.12 bits per heavy atom. The van der Waals surface area contributed by atoms with Crippen LogP contribution in [0.25, 0.3) is 0 Å². The summed E-state index contributed by atoms with van der Waals surface area (Å²) < 4.78 is 23.3. The fourth-order valence-electron chi connectivity index (χ4n) is 4.42. The molecular weight excluding hydrogens is 430 g/mol. The van der Waals surface area contributed by atoms with Crippen LogP contribution in [-0.2, 0) is 21.2 Å². The first-order valence-corrected chi connectivity index (χ1v) is 12.2. The van der Waals surface area contributed by atoms with E-state index in [0.29, 0.717) is 31.7 Å². The second-order valence-electron chi connectivity index (χ2n) is 8.29. The Morgan fingerprint density at radius 2 is 1.94 bits per heavy atom. The van der Waals surface area contributed by atoms with Crippen LogP contribution >= 0.6 is 0 Å². The highest BCUT2D eigenvalue weighted by Crippen LogP contribution is 2.33. The summed E-state index contributed by atoms with van der Waals surface area (Å²) in [7, 11) is -3.79. The van der Waals surface area contributed by atoms with Crippen molar-refractivity contribution in [1.82, 2.24) is 14.8 Å². The van der Waals surface area contributed by atoms with Gasteiger partial charge in [0.25, 0.3) is 5.91 Å². The topological polar surface area (TPSA) is 117 Å². The average Bonchev–Trinajstić information content (AvgIpc) is 2.92. The Balaban J connectivity index is 1.41. The van der Waals surface area contributed by atoms with E-state index in [1.54, 1.807) is 46.3 Å². The summed E-state index contributed by atoms with van der Waals surface area (Å²) in [4.78, 5) is 35.7. The SMILES string of the molecule is C[C@@H]1Cc2cc(S(N)(=O)=O)ccc2N1C(=O)CN1CCCN(C(=O)c2ccccn2)CC1. The Bertz CT molecular complexity index is 1120. The first-order chi connectivity index (χ1) is 15.2. The number of benzene rings is 1. The summed E-state index contributed by atoms with van der Waals surface area (Å²) in [5.74, 6) is -0.129. The fourth-order valence-corrected chi connectivity index (χ4v) is 4.98. The number of nitrogens with zero attached hydrogens (tertiary/aromatic N) is 4. The van der Waals surface area contributed by atoms with Gasteiger partial charge in [-0.3, -0.25) is 19.5 Å². The lowest BCUT2D eigenvalue weighted by molar-refractivity contribution is -0.120. The molecule has 0 saturated carbocycles. The molecule has 0 unspecified atom stereocenters. The molecule has 2 aliphatic rings. The van der Waals surface area contributed by atoms with Crippen LogP contribution in [0.2, 0.25) is 0 Å². The van der Waals surface area contributed by atoms with Gasteiger partial charge < -0.3 is 9.80 Å².